The number of aromatic nitrogens is 1. The van der Waals surface area contributed by atoms with Gasteiger partial charge in [-0.3, -0.25) is 0 Å². The highest BCUT2D eigenvalue weighted by atomic mass is 16.7. The normalized spacial score (nSPS) is 15.6. The summed E-state index contributed by atoms with van der Waals surface area (Å²) in [7, 11) is 1.33. The van der Waals surface area contributed by atoms with Gasteiger partial charge in [-0.2, -0.15) is 0 Å². The molecule has 0 amide bonds. The highest BCUT2D eigenvalue weighted by molar-refractivity contribution is 6.31. The molecular formula is C23H18N2O6. The van der Waals surface area contributed by atoms with Crippen LogP contribution in [0.3, 0.4) is 0 Å². The molecular weight excluding hydrogens is 400 g/mol. The summed E-state index contributed by atoms with van der Waals surface area (Å²) in [4.78, 5) is 40.4. The number of para-hydroxylation sites is 1. The maximum Gasteiger partial charge on any atom is 0.368 e. The number of esters is 1. The number of benzene rings is 2. The molecule has 0 aliphatic carbocycles. The van der Waals surface area contributed by atoms with E-state index in [4.69, 9.17) is 14.7 Å². The van der Waals surface area contributed by atoms with Crippen molar-refractivity contribution in [1.29, 1.82) is 0 Å². The van der Waals surface area contributed by atoms with E-state index in [2.05, 4.69) is 5.16 Å². The minimum Gasteiger partial charge on any atom is -0.478 e. The zero-order valence-electron chi connectivity index (χ0n) is 16.7. The predicted molar refractivity (Wildman–Crippen MR) is 113 cm³/mol. The van der Waals surface area contributed by atoms with Gasteiger partial charge in [0.25, 0.3) is 0 Å². The van der Waals surface area contributed by atoms with Crippen molar-refractivity contribution in [2.24, 2.45) is 5.16 Å². The molecule has 2 aromatic carbocycles. The van der Waals surface area contributed by atoms with Gasteiger partial charge >= 0.3 is 17.9 Å². The number of carbonyl (C=O) groups is 3. The molecule has 1 unspecified atom stereocenters. The fraction of sp³-hybridized carbons (Fsp3) is 0.130. The van der Waals surface area contributed by atoms with E-state index in [1.807, 2.05) is 24.3 Å². The molecule has 8 heteroatoms. The van der Waals surface area contributed by atoms with E-state index in [1.54, 1.807) is 35.9 Å². The largest absolute Gasteiger partial charge is 0.478 e. The molecule has 31 heavy (non-hydrogen) atoms. The summed E-state index contributed by atoms with van der Waals surface area (Å²) >= 11 is 0. The van der Waals surface area contributed by atoms with Crippen LogP contribution in [0.2, 0.25) is 0 Å². The van der Waals surface area contributed by atoms with Crippen molar-refractivity contribution in [1.82, 2.24) is 4.57 Å². The second-order valence-electron chi connectivity index (χ2n) is 6.97. The van der Waals surface area contributed by atoms with Gasteiger partial charge in [0.1, 0.15) is 11.8 Å². The van der Waals surface area contributed by atoms with Gasteiger partial charge in [-0.1, -0.05) is 35.5 Å². The van der Waals surface area contributed by atoms with Crippen LogP contribution in [0.25, 0.3) is 17.0 Å². The Labute approximate surface area is 177 Å². The van der Waals surface area contributed by atoms with E-state index in [0.717, 1.165) is 10.9 Å². The van der Waals surface area contributed by atoms with Crippen LogP contribution < -0.4 is 0 Å². The Bertz CT molecular complexity index is 1270. The number of carboxylic acid groups (broad SMARTS) is 1. The lowest BCUT2D eigenvalue weighted by molar-refractivity contribution is -0.144. The Morgan fingerprint density at radius 3 is 2.55 bits per heavy atom. The van der Waals surface area contributed by atoms with Gasteiger partial charge in [0.05, 0.1) is 18.2 Å². The molecule has 1 aromatic heterocycles. The minimum absolute atomic E-state index is 0.125. The molecule has 1 N–H and O–H groups in total. The summed E-state index contributed by atoms with van der Waals surface area (Å²) in [6, 6.07) is 12.9. The van der Waals surface area contributed by atoms with Crippen molar-refractivity contribution >= 4 is 40.6 Å². The fourth-order valence-electron chi connectivity index (χ4n) is 3.50. The molecule has 1 aliphatic rings. The van der Waals surface area contributed by atoms with Crippen molar-refractivity contribution in [3.63, 3.8) is 0 Å². The standard InChI is InChI=1S/C23H18N2O6/c1-13(22(28)30-2)25-12-16(17-5-3-4-6-19(17)25)11-18-20(24-31-23(18)29)14-7-9-15(10-8-14)21(26)27/h3-13H,1-2H3,(H,26,27)/b18-11-. The Morgan fingerprint density at radius 2 is 1.87 bits per heavy atom. The minimum atomic E-state index is -1.05. The molecule has 0 radical (unpaired) electrons. The van der Waals surface area contributed by atoms with Gasteiger partial charge in [0.2, 0.25) is 0 Å². The molecule has 1 atom stereocenters. The van der Waals surface area contributed by atoms with E-state index in [9.17, 15) is 14.4 Å². The summed E-state index contributed by atoms with van der Waals surface area (Å²) in [5, 5.41) is 13.8. The lowest BCUT2D eigenvalue weighted by Crippen LogP contribution is -2.16. The third kappa shape index (κ3) is 3.59. The molecule has 0 saturated heterocycles. The van der Waals surface area contributed by atoms with Crippen molar-refractivity contribution < 1.29 is 29.1 Å². The van der Waals surface area contributed by atoms with Crippen molar-refractivity contribution in [3.05, 3.63) is 77.0 Å². The Morgan fingerprint density at radius 1 is 1.16 bits per heavy atom. The Kier molecular flexibility index (Phi) is 5.12. The van der Waals surface area contributed by atoms with E-state index in [1.165, 1.54) is 19.2 Å². The molecule has 8 nitrogen and oxygen atoms in total. The second-order valence-corrected chi connectivity index (χ2v) is 6.97. The number of rotatable bonds is 5. The smallest absolute Gasteiger partial charge is 0.368 e. The average molecular weight is 418 g/mol. The van der Waals surface area contributed by atoms with Crippen LogP contribution in [-0.4, -0.2) is 40.4 Å². The van der Waals surface area contributed by atoms with Gasteiger partial charge in [-0.05, 0) is 31.2 Å². The van der Waals surface area contributed by atoms with Gasteiger partial charge in [-0.25, -0.2) is 14.4 Å². The quantitative estimate of drug-likeness (QED) is 0.387. The van der Waals surface area contributed by atoms with Crippen LogP contribution in [-0.2, 0) is 19.2 Å². The molecule has 0 bridgehead atoms. The summed E-state index contributed by atoms with van der Waals surface area (Å²) in [5.41, 5.74) is 2.73. The maximum atomic E-state index is 12.4. The Balaban J connectivity index is 1.80. The first kappa shape index (κ1) is 20.1. The first-order chi connectivity index (χ1) is 14.9. The highest BCUT2D eigenvalue weighted by Gasteiger charge is 2.28. The lowest BCUT2D eigenvalue weighted by atomic mass is 9.99. The SMILES string of the molecule is COC(=O)C(C)n1cc(/C=C2\C(=O)ON=C2c2ccc(C(=O)O)cc2)c2ccccc21. The number of hydrogen-bond donors (Lipinski definition) is 1. The first-order valence-electron chi connectivity index (χ1n) is 9.43. The van der Waals surface area contributed by atoms with Crippen LogP contribution >= 0.6 is 0 Å². The number of carbonyl (C=O) groups excluding carboxylic acids is 2. The third-order valence-corrected chi connectivity index (χ3v) is 5.13. The molecule has 2 heterocycles. The fourth-order valence-corrected chi connectivity index (χ4v) is 3.50. The summed E-state index contributed by atoms with van der Waals surface area (Å²) < 4.78 is 6.65. The van der Waals surface area contributed by atoms with Gasteiger partial charge in [0.15, 0.2) is 0 Å². The maximum absolute atomic E-state index is 12.4. The van der Waals surface area contributed by atoms with E-state index < -0.39 is 18.0 Å². The van der Waals surface area contributed by atoms with Crippen molar-refractivity contribution in [2.75, 3.05) is 7.11 Å². The van der Waals surface area contributed by atoms with E-state index in [-0.39, 0.29) is 17.1 Å². The van der Waals surface area contributed by atoms with Gasteiger partial charge in [0, 0.05) is 28.2 Å². The summed E-state index contributed by atoms with van der Waals surface area (Å²) in [5.74, 6) is -2.05. The Hall–Kier alpha value is -4.20. The zero-order chi connectivity index (χ0) is 22.1. The number of aromatic carboxylic acids is 1. The average Bonchev–Trinajstić information content (AvgIpc) is 3.34. The summed E-state index contributed by atoms with van der Waals surface area (Å²) in [6.07, 6.45) is 3.43. The van der Waals surface area contributed by atoms with Crippen LogP contribution in [0, 0.1) is 0 Å². The number of methoxy groups -OCH3 is 1. The van der Waals surface area contributed by atoms with Crippen LogP contribution in [0.5, 0.6) is 0 Å². The first-order valence-corrected chi connectivity index (χ1v) is 9.43. The van der Waals surface area contributed by atoms with Gasteiger partial charge < -0.3 is 19.2 Å². The number of fused-ring (bicyclic) bond motifs is 1. The predicted octanol–water partition coefficient (Wildman–Crippen LogP) is 3.42. The van der Waals surface area contributed by atoms with Crippen molar-refractivity contribution in [2.45, 2.75) is 13.0 Å². The lowest BCUT2D eigenvalue weighted by Gasteiger charge is -2.12. The second kappa shape index (κ2) is 7.91. The number of carboxylic acids is 1. The van der Waals surface area contributed by atoms with E-state index >= 15 is 0 Å². The molecule has 0 fully saturated rings. The highest BCUT2D eigenvalue weighted by Crippen LogP contribution is 2.29. The van der Waals surface area contributed by atoms with Gasteiger partial charge in [-0.15, -0.1) is 0 Å². The monoisotopic (exact) mass is 418 g/mol. The molecule has 0 spiro atoms. The van der Waals surface area contributed by atoms with E-state index in [0.29, 0.717) is 16.8 Å². The third-order valence-electron chi connectivity index (χ3n) is 5.13. The van der Waals surface area contributed by atoms with Crippen LogP contribution in [0.1, 0.15) is 34.5 Å². The van der Waals surface area contributed by atoms with Crippen LogP contribution in [0.4, 0.5) is 0 Å². The molecule has 1 aliphatic heterocycles. The van der Waals surface area contributed by atoms with Crippen LogP contribution in [0.15, 0.2) is 65.5 Å². The number of oxime groups is 1. The zero-order valence-corrected chi connectivity index (χ0v) is 16.7. The molecule has 4 rings (SSSR count). The van der Waals surface area contributed by atoms with Crippen molar-refractivity contribution in [3.8, 4) is 0 Å². The summed E-state index contributed by atoms with van der Waals surface area (Å²) in [6.45, 7) is 1.73. The topological polar surface area (TPSA) is 107 Å². The molecule has 3 aromatic rings. The number of nitrogens with zero attached hydrogens (tertiary/aromatic N) is 2. The number of hydrogen-bond acceptors (Lipinski definition) is 6. The molecule has 156 valence electrons. The molecule has 0 saturated carbocycles. The number of ether oxygens (including phenoxy) is 1.